The van der Waals surface area contributed by atoms with Crippen LogP contribution in [0.15, 0.2) is 18.2 Å². The van der Waals surface area contributed by atoms with E-state index in [1.54, 1.807) is 19.1 Å². The van der Waals surface area contributed by atoms with Crippen LogP contribution in [0.2, 0.25) is 0 Å². The molecule has 2 rings (SSSR count). The number of hydrogen-bond acceptors (Lipinski definition) is 4. The van der Waals surface area contributed by atoms with Crippen molar-refractivity contribution in [3.63, 3.8) is 0 Å². The van der Waals surface area contributed by atoms with Crippen molar-refractivity contribution in [2.45, 2.75) is 38.8 Å². The van der Waals surface area contributed by atoms with Gasteiger partial charge in [-0.05, 0) is 39.8 Å². The molecule has 0 aromatic heterocycles. The van der Waals surface area contributed by atoms with Gasteiger partial charge in [0.1, 0.15) is 5.69 Å². The number of hydrogen-bond donors (Lipinski definition) is 1. The van der Waals surface area contributed by atoms with E-state index in [1.165, 1.54) is 0 Å². The highest BCUT2D eigenvalue weighted by molar-refractivity contribution is 5.65. The van der Waals surface area contributed by atoms with Crippen LogP contribution in [0, 0.1) is 17.0 Å². The van der Waals surface area contributed by atoms with Crippen LogP contribution in [0.25, 0.3) is 0 Å². The van der Waals surface area contributed by atoms with Gasteiger partial charge in [-0.3, -0.25) is 10.1 Å². The van der Waals surface area contributed by atoms with Crippen molar-refractivity contribution in [3.05, 3.63) is 33.9 Å². The molecule has 0 spiro atoms. The summed E-state index contributed by atoms with van der Waals surface area (Å²) >= 11 is 0. The molecule has 5 nitrogen and oxygen atoms in total. The minimum atomic E-state index is -0.296. The van der Waals surface area contributed by atoms with Gasteiger partial charge >= 0.3 is 0 Å². The molecule has 1 heterocycles. The standard InChI is InChI=1S/C14H21N3O2/c1-10-5-4-6-13(14(10)17(18)19)15-12-7-8-16(3)11(2)9-12/h4-6,11-12,15H,7-9H2,1-3H3. The van der Waals surface area contributed by atoms with E-state index in [1.807, 2.05) is 6.07 Å². The minimum Gasteiger partial charge on any atom is -0.377 e. The lowest BCUT2D eigenvalue weighted by Gasteiger charge is -2.35. The first kappa shape index (κ1) is 13.8. The second-order valence-electron chi connectivity index (χ2n) is 5.42. The molecule has 1 aliphatic rings. The Morgan fingerprint density at radius 3 is 2.84 bits per heavy atom. The number of aryl methyl sites for hydroxylation is 1. The van der Waals surface area contributed by atoms with Crippen molar-refractivity contribution in [3.8, 4) is 0 Å². The van der Waals surface area contributed by atoms with Crippen LogP contribution >= 0.6 is 0 Å². The molecule has 104 valence electrons. The second kappa shape index (κ2) is 5.57. The maximum absolute atomic E-state index is 11.2. The zero-order valence-electron chi connectivity index (χ0n) is 11.7. The van der Waals surface area contributed by atoms with Gasteiger partial charge < -0.3 is 10.2 Å². The first-order valence-electron chi connectivity index (χ1n) is 6.70. The van der Waals surface area contributed by atoms with E-state index in [4.69, 9.17) is 0 Å². The quantitative estimate of drug-likeness (QED) is 0.673. The Bertz CT molecular complexity index is 476. The highest BCUT2D eigenvalue weighted by atomic mass is 16.6. The van der Waals surface area contributed by atoms with Gasteiger partial charge in [-0.25, -0.2) is 0 Å². The summed E-state index contributed by atoms with van der Waals surface area (Å²) in [7, 11) is 2.12. The molecule has 1 aromatic rings. The van der Waals surface area contributed by atoms with E-state index in [2.05, 4.69) is 24.2 Å². The summed E-state index contributed by atoms with van der Waals surface area (Å²) < 4.78 is 0. The Morgan fingerprint density at radius 1 is 1.47 bits per heavy atom. The van der Waals surface area contributed by atoms with E-state index in [9.17, 15) is 10.1 Å². The van der Waals surface area contributed by atoms with Crippen LogP contribution in [-0.2, 0) is 0 Å². The fourth-order valence-corrected chi connectivity index (χ4v) is 2.66. The normalized spacial score (nSPS) is 24.2. The van der Waals surface area contributed by atoms with Gasteiger partial charge in [0.2, 0.25) is 0 Å². The Kier molecular flexibility index (Phi) is 4.04. The number of anilines is 1. The van der Waals surface area contributed by atoms with E-state index in [0.29, 0.717) is 23.3 Å². The number of piperidine rings is 1. The van der Waals surface area contributed by atoms with Crippen molar-refractivity contribution in [1.82, 2.24) is 4.90 Å². The van der Waals surface area contributed by atoms with Gasteiger partial charge in [-0.15, -0.1) is 0 Å². The zero-order chi connectivity index (χ0) is 14.0. The molecule has 1 aliphatic heterocycles. The maximum Gasteiger partial charge on any atom is 0.295 e. The van der Waals surface area contributed by atoms with Crippen molar-refractivity contribution >= 4 is 11.4 Å². The smallest absolute Gasteiger partial charge is 0.295 e. The molecule has 0 aliphatic carbocycles. The Hall–Kier alpha value is -1.62. The Morgan fingerprint density at radius 2 is 2.21 bits per heavy atom. The number of para-hydroxylation sites is 1. The van der Waals surface area contributed by atoms with E-state index >= 15 is 0 Å². The first-order valence-corrected chi connectivity index (χ1v) is 6.70. The molecule has 0 bridgehead atoms. The van der Waals surface area contributed by atoms with Gasteiger partial charge in [-0.2, -0.15) is 0 Å². The summed E-state index contributed by atoms with van der Waals surface area (Å²) in [6.07, 6.45) is 2.04. The fraction of sp³-hybridized carbons (Fsp3) is 0.571. The average Bonchev–Trinajstić information content (AvgIpc) is 2.33. The lowest BCUT2D eigenvalue weighted by molar-refractivity contribution is -0.384. The SMILES string of the molecule is Cc1cccc(NC2CCN(C)C(C)C2)c1[N+](=O)[O-]. The summed E-state index contributed by atoms with van der Waals surface area (Å²) in [6.45, 7) is 5.00. The fourth-order valence-electron chi connectivity index (χ4n) is 2.66. The number of likely N-dealkylation sites (tertiary alicyclic amines) is 1. The maximum atomic E-state index is 11.2. The van der Waals surface area contributed by atoms with Crippen molar-refractivity contribution < 1.29 is 4.92 Å². The van der Waals surface area contributed by atoms with Gasteiger partial charge in [0.05, 0.1) is 4.92 Å². The molecule has 19 heavy (non-hydrogen) atoms. The third-order valence-electron chi connectivity index (χ3n) is 3.99. The number of benzene rings is 1. The molecule has 1 saturated heterocycles. The molecule has 2 unspecified atom stereocenters. The molecule has 1 fully saturated rings. The third-order valence-corrected chi connectivity index (χ3v) is 3.99. The topological polar surface area (TPSA) is 58.4 Å². The predicted molar refractivity (Wildman–Crippen MR) is 76.6 cm³/mol. The third kappa shape index (κ3) is 3.04. The van der Waals surface area contributed by atoms with E-state index < -0.39 is 0 Å². The van der Waals surface area contributed by atoms with Crippen molar-refractivity contribution in [1.29, 1.82) is 0 Å². The van der Waals surface area contributed by atoms with Crippen LogP contribution < -0.4 is 5.32 Å². The minimum absolute atomic E-state index is 0.203. The van der Waals surface area contributed by atoms with Gasteiger partial charge in [0, 0.05) is 24.2 Å². The molecule has 2 atom stereocenters. The number of nitro benzene ring substituents is 1. The van der Waals surface area contributed by atoms with Crippen LogP contribution in [0.1, 0.15) is 25.3 Å². The summed E-state index contributed by atoms with van der Waals surface area (Å²) in [5.41, 5.74) is 1.55. The number of rotatable bonds is 3. The highest BCUT2D eigenvalue weighted by Crippen LogP contribution is 2.30. The molecular formula is C14H21N3O2. The van der Waals surface area contributed by atoms with Gasteiger partial charge in [-0.1, -0.05) is 12.1 Å². The summed E-state index contributed by atoms with van der Waals surface area (Å²) in [5.74, 6) is 0. The summed E-state index contributed by atoms with van der Waals surface area (Å²) in [5, 5.41) is 14.5. The number of nitrogens with one attached hydrogen (secondary N) is 1. The molecule has 0 radical (unpaired) electrons. The Balaban J connectivity index is 2.15. The lowest BCUT2D eigenvalue weighted by atomic mass is 9.98. The predicted octanol–water partition coefficient (Wildman–Crippen LogP) is 2.80. The van der Waals surface area contributed by atoms with E-state index in [0.717, 1.165) is 19.4 Å². The molecule has 5 heteroatoms. The molecule has 0 saturated carbocycles. The molecule has 1 N–H and O–H groups in total. The first-order chi connectivity index (χ1) is 8.99. The van der Waals surface area contributed by atoms with Crippen LogP contribution in [-0.4, -0.2) is 35.5 Å². The number of nitrogens with zero attached hydrogens (tertiary/aromatic N) is 2. The van der Waals surface area contributed by atoms with Crippen molar-refractivity contribution in [2.75, 3.05) is 18.9 Å². The van der Waals surface area contributed by atoms with Crippen LogP contribution in [0.4, 0.5) is 11.4 Å². The van der Waals surface area contributed by atoms with Crippen molar-refractivity contribution in [2.24, 2.45) is 0 Å². The monoisotopic (exact) mass is 263 g/mol. The molecule has 1 aromatic carbocycles. The largest absolute Gasteiger partial charge is 0.377 e. The van der Waals surface area contributed by atoms with Crippen LogP contribution in [0.3, 0.4) is 0 Å². The Labute approximate surface area is 113 Å². The van der Waals surface area contributed by atoms with Crippen LogP contribution in [0.5, 0.6) is 0 Å². The van der Waals surface area contributed by atoms with Gasteiger partial charge in [0.25, 0.3) is 5.69 Å². The highest BCUT2D eigenvalue weighted by Gasteiger charge is 2.25. The average molecular weight is 263 g/mol. The number of nitro groups is 1. The molecular weight excluding hydrogens is 242 g/mol. The zero-order valence-corrected chi connectivity index (χ0v) is 11.7. The molecule has 0 amide bonds. The summed E-state index contributed by atoms with van der Waals surface area (Å²) in [4.78, 5) is 13.2. The van der Waals surface area contributed by atoms with E-state index in [-0.39, 0.29) is 10.6 Å². The second-order valence-corrected chi connectivity index (χ2v) is 5.42. The lowest BCUT2D eigenvalue weighted by Crippen LogP contribution is -2.42. The summed E-state index contributed by atoms with van der Waals surface area (Å²) in [6, 6.07) is 6.26. The van der Waals surface area contributed by atoms with Gasteiger partial charge in [0.15, 0.2) is 0 Å².